The first-order valence-electron chi connectivity index (χ1n) is 12.8. The zero-order valence-corrected chi connectivity index (χ0v) is 21.9. The number of carbonyl (C=O) groups is 1. The van der Waals surface area contributed by atoms with Crippen LogP contribution in [0.4, 0.5) is 23.2 Å². The number of anilines is 1. The van der Waals surface area contributed by atoms with E-state index in [0.717, 1.165) is 23.0 Å². The molecule has 1 atom stereocenters. The Morgan fingerprint density at radius 2 is 1.69 bits per heavy atom. The highest BCUT2D eigenvalue weighted by Gasteiger charge is 2.42. The van der Waals surface area contributed by atoms with E-state index in [1.165, 1.54) is 18.2 Å². The lowest BCUT2D eigenvalue weighted by Crippen LogP contribution is -2.59. The van der Waals surface area contributed by atoms with Crippen molar-refractivity contribution >= 4 is 22.9 Å². The largest absolute Gasteiger partial charge is 0.338 e. The normalized spacial score (nSPS) is 17.5. The van der Waals surface area contributed by atoms with Crippen molar-refractivity contribution in [3.05, 3.63) is 106 Å². The minimum absolute atomic E-state index is 0.0911. The number of nitrogens with zero attached hydrogens (tertiary/aromatic N) is 2. The molecule has 3 aromatic carbocycles. The second kappa shape index (κ2) is 9.98. The first-order valence-corrected chi connectivity index (χ1v) is 12.8. The van der Waals surface area contributed by atoms with E-state index in [9.17, 15) is 22.4 Å². The van der Waals surface area contributed by atoms with Crippen molar-refractivity contribution in [1.29, 1.82) is 5.41 Å². The van der Waals surface area contributed by atoms with E-state index in [0.29, 0.717) is 41.0 Å². The van der Waals surface area contributed by atoms with Gasteiger partial charge in [0.2, 0.25) is 0 Å². The molecule has 0 bridgehead atoms. The number of halogens is 4. The minimum Gasteiger partial charge on any atom is -0.338 e. The maximum Gasteiger partial charge on any atom is 0.315 e. The average Bonchev–Trinajstić information content (AvgIpc) is 2.87. The molecule has 1 fully saturated rings. The van der Waals surface area contributed by atoms with Crippen molar-refractivity contribution in [3.63, 3.8) is 0 Å². The fourth-order valence-electron chi connectivity index (χ4n) is 5.48. The number of hydrogen-bond acceptors (Lipinski definition) is 3. The summed E-state index contributed by atoms with van der Waals surface area (Å²) in [5.41, 5.74) is 4.17. The van der Waals surface area contributed by atoms with Crippen LogP contribution >= 0.6 is 0 Å². The van der Waals surface area contributed by atoms with E-state index < -0.39 is 18.5 Å². The molecular formula is C31H29F4N3O. The van der Waals surface area contributed by atoms with Gasteiger partial charge in [0.15, 0.2) is 0 Å². The number of rotatable bonds is 6. The van der Waals surface area contributed by atoms with Crippen molar-refractivity contribution < 1.29 is 22.4 Å². The van der Waals surface area contributed by atoms with Crippen LogP contribution in [0.3, 0.4) is 0 Å². The molecule has 0 aromatic heterocycles. The highest BCUT2D eigenvalue weighted by Crippen LogP contribution is 2.40. The number of allylic oxidation sites excluding steroid dienone is 1. The molecule has 3 aromatic rings. The molecule has 4 nitrogen and oxygen atoms in total. The molecule has 0 radical (unpaired) electrons. The molecule has 39 heavy (non-hydrogen) atoms. The summed E-state index contributed by atoms with van der Waals surface area (Å²) in [5.74, 6) is -3.36. The van der Waals surface area contributed by atoms with Crippen molar-refractivity contribution in [2.75, 3.05) is 18.0 Å². The Bertz CT molecular complexity index is 1470. The van der Waals surface area contributed by atoms with Crippen LogP contribution in [0.15, 0.2) is 72.8 Å². The Kier molecular flexibility index (Phi) is 6.83. The Morgan fingerprint density at radius 1 is 0.974 bits per heavy atom. The number of likely N-dealkylation sites (tertiary alicyclic amines) is 1. The molecule has 1 N–H and O–H groups in total. The van der Waals surface area contributed by atoms with Crippen LogP contribution in [-0.4, -0.2) is 42.2 Å². The lowest BCUT2D eigenvalue weighted by atomic mass is 9.84. The summed E-state index contributed by atoms with van der Waals surface area (Å²) in [4.78, 5) is 16.0. The fourth-order valence-corrected chi connectivity index (χ4v) is 5.48. The highest BCUT2D eigenvalue weighted by atomic mass is 19.3. The third kappa shape index (κ3) is 4.95. The molecular weight excluding hydrogens is 506 g/mol. The highest BCUT2D eigenvalue weighted by molar-refractivity contribution is 6.12. The predicted octanol–water partition coefficient (Wildman–Crippen LogP) is 7.11. The van der Waals surface area contributed by atoms with Gasteiger partial charge >= 0.3 is 6.55 Å². The van der Waals surface area contributed by atoms with Gasteiger partial charge in [-0.15, -0.1) is 0 Å². The van der Waals surface area contributed by atoms with Gasteiger partial charge < -0.3 is 9.80 Å². The first-order chi connectivity index (χ1) is 18.5. The third-order valence-corrected chi connectivity index (χ3v) is 7.64. The van der Waals surface area contributed by atoms with Gasteiger partial charge in [-0.1, -0.05) is 48.5 Å². The van der Waals surface area contributed by atoms with Crippen LogP contribution in [0.2, 0.25) is 0 Å². The smallest absolute Gasteiger partial charge is 0.315 e. The molecule has 2 aliphatic heterocycles. The number of para-hydroxylation sites is 1. The molecule has 1 amide bonds. The van der Waals surface area contributed by atoms with Gasteiger partial charge in [0, 0.05) is 59.4 Å². The monoisotopic (exact) mass is 535 g/mol. The van der Waals surface area contributed by atoms with Gasteiger partial charge in [0.1, 0.15) is 0 Å². The van der Waals surface area contributed by atoms with E-state index in [4.69, 9.17) is 5.41 Å². The number of fused-ring (bicyclic) bond motifs is 1. The molecule has 0 aliphatic carbocycles. The fraction of sp³-hybridized carbons (Fsp3) is 0.290. The van der Waals surface area contributed by atoms with Crippen LogP contribution in [0.1, 0.15) is 52.0 Å². The molecule has 2 heterocycles. The molecule has 5 rings (SSSR count). The van der Waals surface area contributed by atoms with Crippen molar-refractivity contribution in [1.82, 2.24) is 4.90 Å². The zero-order valence-electron chi connectivity index (χ0n) is 21.9. The number of amides is 1. The predicted molar refractivity (Wildman–Crippen MR) is 145 cm³/mol. The topological polar surface area (TPSA) is 47.4 Å². The SMILES string of the molecule is CC1=CC(C2CN(C(=O)c3ccc(C(=N)c4cccc(C(C)(F)F)c4)c(C)c3)C2)N(C(F)F)c2ccccc21. The minimum atomic E-state index is -3.02. The van der Waals surface area contributed by atoms with Crippen LogP contribution in [0.5, 0.6) is 0 Å². The average molecular weight is 536 g/mol. The molecule has 1 saturated heterocycles. The second-order valence-corrected chi connectivity index (χ2v) is 10.4. The summed E-state index contributed by atoms with van der Waals surface area (Å²) in [6, 6.07) is 17.3. The number of carbonyl (C=O) groups excluding carboxylic acids is 1. The van der Waals surface area contributed by atoms with Crippen molar-refractivity contribution in [2.45, 2.75) is 39.3 Å². The van der Waals surface area contributed by atoms with Gasteiger partial charge in [0.05, 0.1) is 11.8 Å². The van der Waals surface area contributed by atoms with E-state index >= 15 is 0 Å². The quantitative estimate of drug-likeness (QED) is 0.208. The van der Waals surface area contributed by atoms with Gasteiger partial charge in [0.25, 0.3) is 11.8 Å². The van der Waals surface area contributed by atoms with Crippen LogP contribution in [-0.2, 0) is 5.92 Å². The summed E-state index contributed by atoms with van der Waals surface area (Å²) in [7, 11) is 0. The van der Waals surface area contributed by atoms with Crippen molar-refractivity contribution in [2.24, 2.45) is 5.92 Å². The molecule has 1 unspecified atom stereocenters. The summed E-state index contributed by atoms with van der Waals surface area (Å²) in [5, 5.41) is 8.57. The van der Waals surface area contributed by atoms with E-state index in [2.05, 4.69) is 0 Å². The molecule has 0 saturated carbocycles. The lowest BCUT2D eigenvalue weighted by molar-refractivity contribution is 0.0174. The van der Waals surface area contributed by atoms with E-state index in [-0.39, 0.29) is 23.1 Å². The van der Waals surface area contributed by atoms with Crippen LogP contribution < -0.4 is 4.90 Å². The first kappa shape index (κ1) is 26.7. The number of aryl methyl sites for hydroxylation is 1. The van der Waals surface area contributed by atoms with Gasteiger partial charge in [-0.2, -0.15) is 8.78 Å². The van der Waals surface area contributed by atoms with Gasteiger partial charge in [-0.05, 0) is 49.2 Å². The second-order valence-electron chi connectivity index (χ2n) is 10.4. The molecule has 202 valence electrons. The van der Waals surface area contributed by atoms with E-state index in [1.54, 1.807) is 48.2 Å². The number of benzene rings is 3. The number of nitrogens with one attached hydrogen (secondary N) is 1. The van der Waals surface area contributed by atoms with Crippen LogP contribution in [0.25, 0.3) is 5.57 Å². The summed E-state index contributed by atoms with van der Waals surface area (Å²) < 4.78 is 55.8. The Balaban J connectivity index is 1.30. The lowest BCUT2D eigenvalue weighted by Gasteiger charge is -2.48. The summed E-state index contributed by atoms with van der Waals surface area (Å²) >= 11 is 0. The zero-order chi connectivity index (χ0) is 28.1. The van der Waals surface area contributed by atoms with Crippen molar-refractivity contribution in [3.8, 4) is 0 Å². The molecule has 2 aliphatic rings. The maximum absolute atomic E-state index is 14.1. The Morgan fingerprint density at radius 3 is 2.36 bits per heavy atom. The summed E-state index contributed by atoms with van der Waals surface area (Å²) in [6.45, 7) is 2.55. The van der Waals surface area contributed by atoms with Crippen LogP contribution in [0, 0.1) is 18.3 Å². The Hall–Kier alpha value is -3.94. The summed E-state index contributed by atoms with van der Waals surface area (Å²) in [6.07, 6.45) is 1.87. The maximum atomic E-state index is 14.1. The number of hydrogen-bond donors (Lipinski definition) is 1. The molecule has 0 spiro atoms. The molecule has 8 heteroatoms. The van der Waals surface area contributed by atoms with Gasteiger partial charge in [-0.25, -0.2) is 8.78 Å². The number of alkyl halides is 4. The van der Waals surface area contributed by atoms with E-state index in [1.807, 2.05) is 25.1 Å². The van der Waals surface area contributed by atoms with Gasteiger partial charge in [-0.3, -0.25) is 10.2 Å². The third-order valence-electron chi connectivity index (χ3n) is 7.64. The standard InChI is InChI=1S/C31H29F4N3O/c1-18-13-21(11-12-25(18)28(36)20-7-6-8-23(15-20)31(3,34)35)29(39)37-16-22(17-37)27-14-19(2)24-9-4-5-10-26(24)38(27)30(32)33/h4-15,22,27,30,36H,16-17H2,1-3H3. The Labute approximate surface area is 225 Å².